The zero-order valence-corrected chi connectivity index (χ0v) is 11.6. The van der Waals surface area contributed by atoms with Gasteiger partial charge in [0.2, 0.25) is 0 Å². The van der Waals surface area contributed by atoms with Crippen LogP contribution >= 0.6 is 0 Å². The van der Waals surface area contributed by atoms with Gasteiger partial charge in [-0.15, -0.1) is 0 Å². The lowest BCUT2D eigenvalue weighted by Crippen LogP contribution is -2.24. The fraction of sp³-hybridized carbons (Fsp3) is 0.176. The molecule has 3 N–H and O–H groups in total. The number of phenols is 1. The van der Waals surface area contributed by atoms with Crippen molar-refractivity contribution in [1.29, 1.82) is 0 Å². The average Bonchev–Trinajstić information content (AvgIpc) is 2.77. The normalized spacial score (nSPS) is 16.6. The third-order valence-electron chi connectivity index (χ3n) is 4.07. The highest BCUT2D eigenvalue weighted by Crippen LogP contribution is 2.49. The highest BCUT2D eigenvalue weighted by Gasteiger charge is 2.39. The third-order valence-corrected chi connectivity index (χ3v) is 4.07. The van der Waals surface area contributed by atoms with Gasteiger partial charge in [0.15, 0.2) is 0 Å². The SMILES string of the molecule is O=C(O)C[C@H](C(=O)O)[C@H]1c2ccccc2-c2ccc(O)cc21. The molecule has 0 saturated heterocycles. The molecule has 2 atom stereocenters. The maximum atomic E-state index is 11.6. The number of benzene rings is 2. The average molecular weight is 298 g/mol. The number of carboxylic acid groups (broad SMARTS) is 2. The van der Waals surface area contributed by atoms with Crippen molar-refractivity contribution < 1.29 is 24.9 Å². The van der Waals surface area contributed by atoms with Crippen LogP contribution in [0.1, 0.15) is 23.5 Å². The Labute approximate surface area is 126 Å². The van der Waals surface area contributed by atoms with Gasteiger partial charge in [0.1, 0.15) is 5.75 Å². The first-order valence-corrected chi connectivity index (χ1v) is 6.86. The van der Waals surface area contributed by atoms with E-state index in [2.05, 4.69) is 0 Å². The van der Waals surface area contributed by atoms with E-state index >= 15 is 0 Å². The van der Waals surface area contributed by atoms with Crippen molar-refractivity contribution in [3.05, 3.63) is 53.6 Å². The minimum atomic E-state index is -1.15. The number of hydrogen-bond acceptors (Lipinski definition) is 3. The Hall–Kier alpha value is -2.82. The van der Waals surface area contributed by atoms with Gasteiger partial charge in [-0.2, -0.15) is 0 Å². The van der Waals surface area contributed by atoms with E-state index in [4.69, 9.17) is 5.11 Å². The molecule has 0 heterocycles. The molecule has 0 amide bonds. The molecule has 0 aromatic heterocycles. The summed E-state index contributed by atoms with van der Waals surface area (Å²) in [7, 11) is 0. The molecule has 0 spiro atoms. The molecule has 0 radical (unpaired) electrons. The number of aliphatic carboxylic acids is 2. The van der Waals surface area contributed by atoms with Crippen LogP contribution in [0, 0.1) is 5.92 Å². The van der Waals surface area contributed by atoms with E-state index in [1.54, 1.807) is 18.2 Å². The molecule has 1 aliphatic carbocycles. The molecule has 22 heavy (non-hydrogen) atoms. The highest BCUT2D eigenvalue weighted by molar-refractivity contribution is 5.85. The summed E-state index contributed by atoms with van der Waals surface area (Å²) in [4.78, 5) is 22.6. The van der Waals surface area contributed by atoms with Gasteiger partial charge < -0.3 is 15.3 Å². The second-order valence-electron chi connectivity index (χ2n) is 5.38. The Kier molecular flexibility index (Phi) is 3.33. The summed E-state index contributed by atoms with van der Waals surface area (Å²) in [5, 5.41) is 28.2. The first-order chi connectivity index (χ1) is 10.5. The first kappa shape index (κ1) is 14.1. The van der Waals surface area contributed by atoms with Crippen LogP contribution < -0.4 is 0 Å². The first-order valence-electron chi connectivity index (χ1n) is 6.86. The van der Waals surface area contributed by atoms with Crippen molar-refractivity contribution in [3.63, 3.8) is 0 Å². The lowest BCUT2D eigenvalue weighted by Gasteiger charge is -2.20. The van der Waals surface area contributed by atoms with Crippen molar-refractivity contribution in [2.24, 2.45) is 5.92 Å². The molecule has 0 bridgehead atoms. The Balaban J connectivity index is 2.20. The van der Waals surface area contributed by atoms with Crippen LogP contribution in [0.5, 0.6) is 5.75 Å². The summed E-state index contributed by atoms with van der Waals surface area (Å²) in [6, 6.07) is 12.2. The van der Waals surface area contributed by atoms with Gasteiger partial charge in [-0.1, -0.05) is 30.3 Å². The predicted molar refractivity (Wildman–Crippen MR) is 78.8 cm³/mol. The van der Waals surface area contributed by atoms with Gasteiger partial charge in [-0.3, -0.25) is 9.59 Å². The molecule has 112 valence electrons. The van der Waals surface area contributed by atoms with Crippen molar-refractivity contribution >= 4 is 11.9 Å². The molecule has 2 aromatic rings. The monoisotopic (exact) mass is 298 g/mol. The zero-order chi connectivity index (χ0) is 15.9. The number of fused-ring (bicyclic) bond motifs is 3. The van der Waals surface area contributed by atoms with Crippen LogP contribution in [0.15, 0.2) is 42.5 Å². The van der Waals surface area contributed by atoms with Crippen molar-refractivity contribution in [1.82, 2.24) is 0 Å². The van der Waals surface area contributed by atoms with E-state index in [9.17, 15) is 19.8 Å². The Morgan fingerprint density at radius 2 is 1.68 bits per heavy atom. The summed E-state index contributed by atoms with van der Waals surface area (Å²) in [6.45, 7) is 0. The van der Waals surface area contributed by atoms with Crippen molar-refractivity contribution in [2.45, 2.75) is 12.3 Å². The van der Waals surface area contributed by atoms with Crippen LogP contribution in [0.25, 0.3) is 11.1 Å². The van der Waals surface area contributed by atoms with E-state index in [-0.39, 0.29) is 5.75 Å². The number of carbonyl (C=O) groups is 2. The van der Waals surface area contributed by atoms with Crippen LogP contribution in [0.4, 0.5) is 0 Å². The van der Waals surface area contributed by atoms with Crippen molar-refractivity contribution in [2.75, 3.05) is 0 Å². The van der Waals surface area contributed by atoms with Crippen LogP contribution in [0.2, 0.25) is 0 Å². The predicted octanol–water partition coefficient (Wildman–Crippen LogP) is 2.68. The lowest BCUT2D eigenvalue weighted by atomic mass is 9.82. The van der Waals surface area contributed by atoms with Gasteiger partial charge in [0.05, 0.1) is 12.3 Å². The van der Waals surface area contributed by atoms with E-state index in [0.29, 0.717) is 5.56 Å². The number of aromatic hydroxyl groups is 1. The minimum Gasteiger partial charge on any atom is -0.508 e. The van der Waals surface area contributed by atoms with Crippen LogP contribution in [-0.4, -0.2) is 27.3 Å². The fourth-order valence-electron chi connectivity index (χ4n) is 3.20. The second kappa shape index (κ2) is 5.18. The molecule has 0 unspecified atom stereocenters. The summed E-state index contributed by atoms with van der Waals surface area (Å²) < 4.78 is 0. The van der Waals surface area contributed by atoms with E-state index in [0.717, 1.165) is 16.7 Å². The smallest absolute Gasteiger partial charge is 0.308 e. The van der Waals surface area contributed by atoms with Gasteiger partial charge in [0.25, 0.3) is 0 Å². The van der Waals surface area contributed by atoms with Gasteiger partial charge in [0, 0.05) is 5.92 Å². The Morgan fingerprint density at radius 3 is 2.36 bits per heavy atom. The molecular weight excluding hydrogens is 284 g/mol. The molecule has 5 nitrogen and oxygen atoms in total. The van der Waals surface area contributed by atoms with Gasteiger partial charge in [-0.05, 0) is 34.4 Å². The van der Waals surface area contributed by atoms with Crippen LogP contribution in [-0.2, 0) is 9.59 Å². The topological polar surface area (TPSA) is 94.8 Å². The molecule has 0 saturated carbocycles. The third kappa shape index (κ3) is 2.20. The number of carboxylic acids is 2. The van der Waals surface area contributed by atoms with Gasteiger partial charge in [-0.25, -0.2) is 0 Å². The maximum Gasteiger partial charge on any atom is 0.308 e. The standard InChI is InChI=1S/C17H14O5/c18-9-5-6-11-10-3-1-2-4-12(10)16(13(11)7-9)14(17(21)22)8-15(19)20/h1-7,14,16,18H,8H2,(H,19,20)(H,21,22)/t14-,16-/m0/s1. The number of rotatable bonds is 4. The summed E-state index contributed by atoms with van der Waals surface area (Å²) >= 11 is 0. The maximum absolute atomic E-state index is 11.6. The summed E-state index contributed by atoms with van der Waals surface area (Å²) in [5.41, 5.74) is 3.18. The lowest BCUT2D eigenvalue weighted by molar-refractivity contribution is -0.148. The largest absolute Gasteiger partial charge is 0.508 e. The molecule has 0 aliphatic heterocycles. The molecule has 1 aliphatic rings. The molecule has 2 aromatic carbocycles. The Bertz CT molecular complexity index is 765. The van der Waals surface area contributed by atoms with E-state index in [1.165, 1.54) is 6.07 Å². The molecule has 5 heteroatoms. The zero-order valence-electron chi connectivity index (χ0n) is 11.6. The Morgan fingerprint density at radius 1 is 1.00 bits per heavy atom. The summed E-state index contributed by atoms with van der Waals surface area (Å²) in [5.74, 6) is -3.93. The summed E-state index contributed by atoms with van der Waals surface area (Å²) in [6.07, 6.45) is -0.469. The molecule has 0 fully saturated rings. The highest BCUT2D eigenvalue weighted by atomic mass is 16.4. The molecular formula is C17H14O5. The quantitative estimate of drug-likeness (QED) is 0.806. The van der Waals surface area contributed by atoms with Crippen LogP contribution in [0.3, 0.4) is 0 Å². The molecule has 3 rings (SSSR count). The van der Waals surface area contributed by atoms with E-state index in [1.807, 2.05) is 18.2 Å². The van der Waals surface area contributed by atoms with E-state index < -0.39 is 30.2 Å². The van der Waals surface area contributed by atoms with Gasteiger partial charge >= 0.3 is 11.9 Å². The number of phenolic OH excluding ortho intramolecular Hbond substituents is 1. The second-order valence-corrected chi connectivity index (χ2v) is 5.38. The fourth-order valence-corrected chi connectivity index (χ4v) is 3.20. The number of hydrogen-bond donors (Lipinski definition) is 3. The minimum absolute atomic E-state index is 0.0380. The van der Waals surface area contributed by atoms with Crippen molar-refractivity contribution in [3.8, 4) is 16.9 Å².